The summed E-state index contributed by atoms with van der Waals surface area (Å²) in [4.78, 5) is 0. The molecule has 0 aromatic heterocycles. The molecule has 0 spiro atoms. The zero-order valence-electron chi connectivity index (χ0n) is 11.4. The monoisotopic (exact) mass is 260 g/mol. The molecule has 19 heavy (non-hydrogen) atoms. The van der Waals surface area contributed by atoms with Crippen molar-refractivity contribution in [1.29, 1.82) is 5.26 Å². The molecule has 0 amide bonds. The third-order valence-electron chi connectivity index (χ3n) is 4.02. The molecule has 1 aromatic rings. The summed E-state index contributed by atoms with van der Waals surface area (Å²) >= 11 is 0. The summed E-state index contributed by atoms with van der Waals surface area (Å²) in [6, 6.07) is 9.99. The summed E-state index contributed by atoms with van der Waals surface area (Å²) in [7, 11) is 0. The number of aliphatic hydroxyl groups excluding tert-OH is 1. The molecule has 2 N–H and O–H groups in total. The number of para-hydroxylation sites is 1. The molecule has 1 aromatic carbocycles. The van der Waals surface area contributed by atoms with Crippen LogP contribution in [0.15, 0.2) is 24.3 Å². The van der Waals surface area contributed by atoms with E-state index in [1.807, 2.05) is 30.3 Å². The van der Waals surface area contributed by atoms with Gasteiger partial charge in [-0.15, -0.1) is 0 Å². The smallest absolute Gasteiger partial charge is 0.174 e. The van der Waals surface area contributed by atoms with Crippen molar-refractivity contribution in [3.05, 3.63) is 29.8 Å². The van der Waals surface area contributed by atoms with Gasteiger partial charge in [0.05, 0.1) is 6.10 Å². The zero-order valence-corrected chi connectivity index (χ0v) is 11.4. The Morgan fingerprint density at radius 3 is 2.84 bits per heavy atom. The van der Waals surface area contributed by atoms with Crippen LogP contribution in [-0.2, 0) is 6.54 Å². The Morgan fingerprint density at radius 1 is 1.47 bits per heavy atom. The highest BCUT2D eigenvalue weighted by Gasteiger charge is 2.46. The number of nitrogens with zero attached hydrogens (tertiary/aromatic N) is 1. The average molecular weight is 260 g/mol. The van der Waals surface area contributed by atoms with Gasteiger partial charge in [0.2, 0.25) is 0 Å². The molecule has 2 atom stereocenters. The number of aliphatic hydroxyl groups is 1. The number of hydrogen-bond donors (Lipinski definition) is 2. The van der Waals surface area contributed by atoms with Crippen molar-refractivity contribution >= 4 is 0 Å². The van der Waals surface area contributed by atoms with Crippen LogP contribution in [0.25, 0.3) is 0 Å². The minimum atomic E-state index is -0.227. The third kappa shape index (κ3) is 2.89. The zero-order chi connectivity index (χ0) is 13.9. The highest BCUT2D eigenvalue weighted by Crippen LogP contribution is 2.40. The standard InChI is InChI=1S/C15H20N2O2/c1-15(2)13(9-14(15)18)17-10-11-5-3-4-6-12(11)19-8-7-16/h3-6,13-14,17-18H,8-10H2,1-2H3. The van der Waals surface area contributed by atoms with E-state index < -0.39 is 0 Å². The van der Waals surface area contributed by atoms with E-state index in [0.29, 0.717) is 12.6 Å². The Morgan fingerprint density at radius 2 is 2.21 bits per heavy atom. The molecular formula is C15H20N2O2. The van der Waals surface area contributed by atoms with E-state index in [-0.39, 0.29) is 18.1 Å². The molecule has 1 fully saturated rings. The number of rotatable bonds is 5. The van der Waals surface area contributed by atoms with E-state index in [1.54, 1.807) is 0 Å². The van der Waals surface area contributed by atoms with Crippen molar-refractivity contribution in [3.63, 3.8) is 0 Å². The van der Waals surface area contributed by atoms with E-state index >= 15 is 0 Å². The lowest BCUT2D eigenvalue weighted by Crippen LogP contribution is -2.59. The topological polar surface area (TPSA) is 65.3 Å². The Labute approximate surface area is 114 Å². The maximum absolute atomic E-state index is 9.71. The Bertz CT molecular complexity index is 479. The second-order valence-corrected chi connectivity index (χ2v) is 5.56. The predicted octanol–water partition coefficient (Wildman–Crippen LogP) is 1.84. The maximum atomic E-state index is 9.71. The second-order valence-electron chi connectivity index (χ2n) is 5.56. The van der Waals surface area contributed by atoms with Crippen molar-refractivity contribution < 1.29 is 9.84 Å². The van der Waals surface area contributed by atoms with Crippen LogP contribution in [0.1, 0.15) is 25.8 Å². The van der Waals surface area contributed by atoms with Crippen LogP contribution < -0.4 is 10.1 Å². The first-order valence-corrected chi connectivity index (χ1v) is 6.55. The van der Waals surface area contributed by atoms with Gasteiger partial charge >= 0.3 is 0 Å². The fourth-order valence-electron chi connectivity index (χ4n) is 2.38. The molecule has 0 saturated heterocycles. The first-order chi connectivity index (χ1) is 9.05. The summed E-state index contributed by atoms with van der Waals surface area (Å²) in [6.45, 7) is 4.88. The lowest BCUT2D eigenvalue weighted by molar-refractivity contribution is -0.0730. The molecule has 1 saturated carbocycles. The van der Waals surface area contributed by atoms with Crippen LogP contribution in [0, 0.1) is 16.7 Å². The molecule has 2 rings (SSSR count). The van der Waals surface area contributed by atoms with Crippen molar-refractivity contribution in [2.24, 2.45) is 5.41 Å². The van der Waals surface area contributed by atoms with Gasteiger partial charge in [-0.1, -0.05) is 32.0 Å². The molecule has 2 unspecified atom stereocenters. The van der Waals surface area contributed by atoms with Gasteiger partial charge in [0, 0.05) is 23.6 Å². The van der Waals surface area contributed by atoms with Gasteiger partial charge in [-0.2, -0.15) is 5.26 Å². The molecule has 0 radical (unpaired) electrons. The first kappa shape index (κ1) is 13.9. The number of benzene rings is 1. The number of nitriles is 1. The molecule has 1 aliphatic carbocycles. The highest BCUT2D eigenvalue weighted by molar-refractivity contribution is 5.33. The van der Waals surface area contributed by atoms with Gasteiger partial charge in [-0.05, 0) is 12.5 Å². The minimum absolute atomic E-state index is 0.0602. The van der Waals surface area contributed by atoms with Crippen molar-refractivity contribution in [3.8, 4) is 11.8 Å². The number of nitrogens with one attached hydrogen (secondary N) is 1. The Kier molecular flexibility index (Phi) is 4.08. The van der Waals surface area contributed by atoms with E-state index in [9.17, 15) is 5.11 Å². The summed E-state index contributed by atoms with van der Waals surface area (Å²) in [6.07, 6.45) is 0.559. The van der Waals surface area contributed by atoms with E-state index in [0.717, 1.165) is 17.7 Å². The van der Waals surface area contributed by atoms with E-state index in [1.165, 1.54) is 0 Å². The summed E-state index contributed by atoms with van der Waals surface area (Å²) < 4.78 is 5.39. The molecule has 0 aliphatic heterocycles. The molecule has 0 bridgehead atoms. The third-order valence-corrected chi connectivity index (χ3v) is 4.02. The maximum Gasteiger partial charge on any atom is 0.174 e. The summed E-state index contributed by atoms with van der Waals surface area (Å²) in [5, 5.41) is 21.7. The Hall–Kier alpha value is -1.57. The highest BCUT2D eigenvalue weighted by atomic mass is 16.5. The van der Waals surface area contributed by atoms with Crippen LogP contribution in [0.4, 0.5) is 0 Å². The van der Waals surface area contributed by atoms with Crippen LogP contribution in [0.2, 0.25) is 0 Å². The normalized spacial score (nSPS) is 24.3. The minimum Gasteiger partial charge on any atom is -0.478 e. The molecule has 4 nitrogen and oxygen atoms in total. The van der Waals surface area contributed by atoms with Crippen molar-refractivity contribution in [2.75, 3.05) is 6.61 Å². The Balaban J connectivity index is 1.95. The average Bonchev–Trinajstić information content (AvgIpc) is 2.42. The van der Waals surface area contributed by atoms with Gasteiger partial charge in [0.15, 0.2) is 6.61 Å². The fourth-order valence-corrected chi connectivity index (χ4v) is 2.38. The fraction of sp³-hybridized carbons (Fsp3) is 0.533. The summed E-state index contributed by atoms with van der Waals surface area (Å²) in [5.41, 5.74) is 0.956. The van der Waals surface area contributed by atoms with Gasteiger partial charge in [-0.3, -0.25) is 0 Å². The van der Waals surface area contributed by atoms with Crippen LogP contribution in [0.5, 0.6) is 5.75 Å². The number of ether oxygens (including phenoxy) is 1. The van der Waals surface area contributed by atoms with Crippen LogP contribution in [0.3, 0.4) is 0 Å². The van der Waals surface area contributed by atoms with E-state index in [2.05, 4.69) is 19.2 Å². The predicted molar refractivity (Wildman–Crippen MR) is 72.6 cm³/mol. The lowest BCUT2D eigenvalue weighted by Gasteiger charge is -2.49. The van der Waals surface area contributed by atoms with Crippen LogP contribution in [-0.4, -0.2) is 23.9 Å². The molecule has 0 heterocycles. The lowest BCUT2D eigenvalue weighted by atomic mass is 9.64. The van der Waals surface area contributed by atoms with Crippen LogP contribution >= 0.6 is 0 Å². The van der Waals surface area contributed by atoms with Crippen molar-refractivity contribution in [1.82, 2.24) is 5.32 Å². The van der Waals surface area contributed by atoms with Gasteiger partial charge in [0.1, 0.15) is 11.8 Å². The summed E-state index contributed by atoms with van der Waals surface area (Å²) in [5.74, 6) is 0.745. The molecule has 1 aliphatic rings. The largest absolute Gasteiger partial charge is 0.478 e. The van der Waals surface area contributed by atoms with Gasteiger partial charge < -0.3 is 15.2 Å². The van der Waals surface area contributed by atoms with Crippen molar-refractivity contribution in [2.45, 2.75) is 39.0 Å². The number of hydrogen-bond acceptors (Lipinski definition) is 4. The molecule has 4 heteroatoms. The SMILES string of the molecule is CC1(C)C(O)CC1NCc1ccccc1OCC#N. The molecular weight excluding hydrogens is 240 g/mol. The molecule has 102 valence electrons. The quantitative estimate of drug-likeness (QED) is 0.848. The van der Waals surface area contributed by atoms with Gasteiger partial charge in [-0.25, -0.2) is 0 Å². The van der Waals surface area contributed by atoms with Gasteiger partial charge in [0.25, 0.3) is 0 Å². The second kappa shape index (κ2) is 5.60. The first-order valence-electron chi connectivity index (χ1n) is 6.55. The van der Waals surface area contributed by atoms with E-state index in [4.69, 9.17) is 10.00 Å².